The van der Waals surface area contributed by atoms with Gasteiger partial charge in [0.1, 0.15) is 11.6 Å². The topological polar surface area (TPSA) is 34.1 Å². The van der Waals surface area contributed by atoms with E-state index in [1.54, 1.807) is 0 Å². The third kappa shape index (κ3) is 0.212. The Kier molecular flexibility index (Phi) is 0.450. The molecular weight excluding hydrogens is 152 g/mol. The molecule has 0 aromatic rings. The number of Topliss-reactive ketones (excluding diaryl/α,β-unsaturated/α-hetero) is 2. The van der Waals surface area contributed by atoms with Crippen LogP contribution in [0.15, 0.2) is 0 Å². The van der Waals surface area contributed by atoms with Crippen LogP contribution in [0, 0.1) is 47.3 Å². The molecular formula is C10H8O2. The molecule has 8 atom stereocenters. The Morgan fingerprint density at radius 2 is 1.00 bits per heavy atom. The lowest BCUT2D eigenvalue weighted by molar-refractivity contribution is -0.172. The van der Waals surface area contributed by atoms with Crippen LogP contribution >= 0.6 is 0 Å². The Morgan fingerprint density at radius 3 is 1.33 bits per heavy atom. The van der Waals surface area contributed by atoms with Gasteiger partial charge in [0.25, 0.3) is 0 Å². The van der Waals surface area contributed by atoms with Gasteiger partial charge in [-0.2, -0.15) is 0 Å². The predicted molar refractivity (Wildman–Crippen MR) is 37.9 cm³/mol. The summed E-state index contributed by atoms with van der Waals surface area (Å²) in [5.41, 5.74) is 0. The van der Waals surface area contributed by atoms with Crippen molar-refractivity contribution in [2.24, 2.45) is 47.3 Å². The molecule has 6 aliphatic rings. The molecule has 8 unspecified atom stereocenters. The summed E-state index contributed by atoms with van der Waals surface area (Å²) in [6.45, 7) is 0. The summed E-state index contributed by atoms with van der Waals surface area (Å²) in [6, 6.07) is 0. The van der Waals surface area contributed by atoms with Gasteiger partial charge < -0.3 is 0 Å². The van der Waals surface area contributed by atoms with Crippen LogP contribution in [0.3, 0.4) is 0 Å². The fourth-order valence-corrected chi connectivity index (χ4v) is 5.51. The van der Waals surface area contributed by atoms with Crippen LogP contribution in [0.25, 0.3) is 0 Å². The molecule has 6 saturated carbocycles. The quantitative estimate of drug-likeness (QED) is 0.504. The van der Waals surface area contributed by atoms with Gasteiger partial charge in [-0.25, -0.2) is 0 Å². The molecule has 6 aliphatic carbocycles. The highest BCUT2D eigenvalue weighted by molar-refractivity contribution is 6.07. The van der Waals surface area contributed by atoms with Crippen molar-refractivity contribution in [1.82, 2.24) is 0 Å². The van der Waals surface area contributed by atoms with Gasteiger partial charge >= 0.3 is 0 Å². The van der Waals surface area contributed by atoms with Gasteiger partial charge in [-0.05, 0) is 23.7 Å². The van der Waals surface area contributed by atoms with E-state index in [1.165, 1.54) is 0 Å². The lowest BCUT2D eigenvalue weighted by Crippen LogP contribution is -2.61. The molecule has 2 nitrogen and oxygen atoms in total. The van der Waals surface area contributed by atoms with Crippen molar-refractivity contribution in [2.45, 2.75) is 0 Å². The van der Waals surface area contributed by atoms with Crippen LogP contribution in [-0.2, 0) is 9.59 Å². The first-order valence-corrected chi connectivity index (χ1v) is 4.90. The summed E-state index contributed by atoms with van der Waals surface area (Å²) in [7, 11) is 0. The summed E-state index contributed by atoms with van der Waals surface area (Å²) < 4.78 is 0. The Labute approximate surface area is 69.3 Å². The SMILES string of the molecule is O=C1C2C3C(=O)C4C2C2C1C3C42. The van der Waals surface area contributed by atoms with Gasteiger partial charge in [-0.15, -0.1) is 0 Å². The van der Waals surface area contributed by atoms with Crippen molar-refractivity contribution in [3.05, 3.63) is 0 Å². The van der Waals surface area contributed by atoms with E-state index in [0.717, 1.165) is 0 Å². The Bertz CT molecular complexity index is 336. The number of carbonyl (C=O) groups is 2. The highest BCUT2D eigenvalue weighted by Crippen LogP contribution is 2.85. The lowest BCUT2D eigenvalue weighted by Gasteiger charge is -2.61. The molecule has 0 aromatic carbocycles. The third-order valence-corrected chi connectivity index (χ3v) is 5.52. The molecule has 6 fully saturated rings. The Balaban J connectivity index is 1.93. The van der Waals surface area contributed by atoms with E-state index in [1.807, 2.05) is 0 Å². The molecule has 0 aliphatic heterocycles. The third-order valence-electron chi connectivity index (χ3n) is 5.52. The van der Waals surface area contributed by atoms with Crippen LogP contribution in [-0.4, -0.2) is 11.6 Å². The molecule has 0 aromatic heterocycles. The molecule has 60 valence electrons. The predicted octanol–water partition coefficient (Wildman–Crippen LogP) is 0.122. The van der Waals surface area contributed by atoms with Gasteiger partial charge in [0.15, 0.2) is 0 Å². The van der Waals surface area contributed by atoms with Crippen LogP contribution in [0.5, 0.6) is 0 Å². The maximum absolute atomic E-state index is 11.7. The normalized spacial score (nSPS) is 78.3. The number of carbonyl (C=O) groups excluding carboxylic acids is 2. The number of ketones is 2. The summed E-state index contributed by atoms with van der Waals surface area (Å²) in [6.07, 6.45) is 0. The van der Waals surface area contributed by atoms with Gasteiger partial charge in [0.2, 0.25) is 0 Å². The van der Waals surface area contributed by atoms with Crippen LogP contribution in [0.2, 0.25) is 0 Å². The van der Waals surface area contributed by atoms with Crippen LogP contribution in [0.1, 0.15) is 0 Å². The summed E-state index contributed by atoms with van der Waals surface area (Å²) in [5.74, 6) is 4.65. The van der Waals surface area contributed by atoms with Gasteiger partial charge in [0, 0.05) is 23.7 Å². The molecule has 0 spiro atoms. The van der Waals surface area contributed by atoms with E-state index >= 15 is 0 Å². The molecule has 0 heterocycles. The van der Waals surface area contributed by atoms with E-state index in [-0.39, 0.29) is 11.8 Å². The van der Waals surface area contributed by atoms with E-state index in [2.05, 4.69) is 0 Å². The van der Waals surface area contributed by atoms with Gasteiger partial charge in [-0.3, -0.25) is 9.59 Å². The highest BCUT2D eigenvalue weighted by atomic mass is 16.1. The van der Waals surface area contributed by atoms with Gasteiger partial charge in [-0.1, -0.05) is 0 Å². The minimum absolute atomic E-state index is 0.229. The minimum atomic E-state index is 0.229. The largest absolute Gasteiger partial charge is 0.299 e. The standard InChI is InChI=1S/C10H8O2/c11-9-5-1-2-4(5)8-7(9)3(1)6(2)10(8)12/h1-8H. The molecule has 0 N–H and O–H groups in total. The molecule has 12 heavy (non-hydrogen) atoms. The van der Waals surface area contributed by atoms with E-state index in [0.29, 0.717) is 47.1 Å². The van der Waals surface area contributed by atoms with Crippen LogP contribution < -0.4 is 0 Å². The van der Waals surface area contributed by atoms with Crippen molar-refractivity contribution >= 4 is 11.6 Å². The summed E-state index contributed by atoms with van der Waals surface area (Å²) >= 11 is 0. The monoisotopic (exact) mass is 160 g/mol. The molecule has 0 saturated heterocycles. The van der Waals surface area contributed by atoms with Crippen molar-refractivity contribution in [1.29, 1.82) is 0 Å². The van der Waals surface area contributed by atoms with Crippen molar-refractivity contribution in [2.75, 3.05) is 0 Å². The molecule has 6 rings (SSSR count). The summed E-state index contributed by atoms with van der Waals surface area (Å²) in [5, 5.41) is 0. The Morgan fingerprint density at radius 1 is 0.583 bits per heavy atom. The first kappa shape index (κ1) is 5.15. The first-order valence-electron chi connectivity index (χ1n) is 4.90. The zero-order valence-corrected chi connectivity index (χ0v) is 6.44. The van der Waals surface area contributed by atoms with Crippen molar-refractivity contribution < 1.29 is 9.59 Å². The second-order valence-corrected chi connectivity index (χ2v) is 5.22. The fourth-order valence-electron chi connectivity index (χ4n) is 5.51. The zero-order chi connectivity index (χ0) is 7.77. The fraction of sp³-hybridized carbons (Fsp3) is 0.800. The summed E-state index contributed by atoms with van der Waals surface area (Å²) in [4.78, 5) is 23.4. The first-order chi connectivity index (χ1) is 5.82. The molecule has 0 radical (unpaired) electrons. The smallest absolute Gasteiger partial charge is 0.140 e. The maximum Gasteiger partial charge on any atom is 0.140 e. The Hall–Kier alpha value is -0.660. The lowest BCUT2D eigenvalue weighted by atomic mass is 9.41. The number of hydrogen-bond acceptors (Lipinski definition) is 2. The van der Waals surface area contributed by atoms with Crippen molar-refractivity contribution in [3.63, 3.8) is 0 Å². The van der Waals surface area contributed by atoms with Crippen LogP contribution in [0.4, 0.5) is 0 Å². The van der Waals surface area contributed by atoms with E-state index in [9.17, 15) is 9.59 Å². The zero-order valence-electron chi connectivity index (χ0n) is 6.44. The highest BCUT2D eigenvalue weighted by Gasteiger charge is 2.90. The molecule has 0 amide bonds. The average molecular weight is 160 g/mol. The molecule has 2 heteroatoms. The molecule has 4 bridgehead atoms. The van der Waals surface area contributed by atoms with E-state index in [4.69, 9.17) is 0 Å². The second kappa shape index (κ2) is 1.05. The maximum atomic E-state index is 11.7. The van der Waals surface area contributed by atoms with Crippen molar-refractivity contribution in [3.8, 4) is 0 Å². The minimum Gasteiger partial charge on any atom is -0.299 e. The van der Waals surface area contributed by atoms with E-state index < -0.39 is 0 Å². The average Bonchev–Trinajstić information content (AvgIpc) is 2.45. The van der Waals surface area contributed by atoms with Gasteiger partial charge in [0.05, 0.1) is 0 Å². The second-order valence-electron chi connectivity index (χ2n) is 5.22. The number of rotatable bonds is 0. The number of hydrogen-bond donors (Lipinski definition) is 0.